The van der Waals surface area contributed by atoms with E-state index < -0.39 is 0 Å². The monoisotopic (exact) mass is 281 g/mol. The molecule has 84 valence electrons. The van der Waals surface area contributed by atoms with Gasteiger partial charge in [0.15, 0.2) is 0 Å². The van der Waals surface area contributed by atoms with Crippen molar-refractivity contribution in [2.45, 2.75) is 13.5 Å². The topological polar surface area (TPSA) is 47.8 Å². The fourth-order valence-electron chi connectivity index (χ4n) is 1.49. The first-order valence-corrected chi connectivity index (χ1v) is 6.23. The quantitative estimate of drug-likeness (QED) is 0.807. The zero-order chi connectivity index (χ0) is 11.5. The van der Waals surface area contributed by atoms with Gasteiger partial charge < -0.3 is 0 Å². The van der Waals surface area contributed by atoms with Crippen molar-refractivity contribution >= 4 is 26.8 Å². The van der Waals surface area contributed by atoms with Gasteiger partial charge in [-0.1, -0.05) is 40.2 Å². The van der Waals surface area contributed by atoms with Crippen molar-refractivity contribution < 1.29 is 0 Å². The lowest BCUT2D eigenvalue weighted by Gasteiger charge is -2.08. The van der Waals surface area contributed by atoms with Crippen molar-refractivity contribution in [2.24, 2.45) is 5.92 Å². The fraction of sp³-hybridized carbons (Fsp3) is 0.364. The summed E-state index contributed by atoms with van der Waals surface area (Å²) in [4.78, 5) is 12.0. The summed E-state index contributed by atoms with van der Waals surface area (Å²) < 4.78 is 1.42. The molecule has 2 aromatic rings. The summed E-state index contributed by atoms with van der Waals surface area (Å²) in [6.45, 7) is 2.64. The number of benzene rings is 1. The molecular weight excluding hydrogens is 270 g/mol. The van der Waals surface area contributed by atoms with Crippen molar-refractivity contribution in [3.8, 4) is 0 Å². The predicted molar refractivity (Wildman–Crippen MR) is 66.8 cm³/mol. The molecule has 0 aliphatic rings. The number of rotatable bonds is 3. The maximum atomic E-state index is 12.0. The molecule has 0 spiro atoms. The van der Waals surface area contributed by atoms with Crippen LogP contribution in [0.4, 0.5) is 0 Å². The predicted octanol–water partition coefficient (Wildman–Crippen LogP) is 1.82. The molecule has 0 saturated carbocycles. The Bertz CT molecular complexity index is 552. The van der Waals surface area contributed by atoms with Gasteiger partial charge in [0.1, 0.15) is 5.52 Å². The van der Waals surface area contributed by atoms with Crippen molar-refractivity contribution in [2.75, 3.05) is 5.33 Å². The first-order chi connectivity index (χ1) is 7.72. The molecule has 0 aliphatic carbocycles. The molecule has 1 heterocycles. The van der Waals surface area contributed by atoms with E-state index in [1.165, 1.54) is 4.68 Å². The Morgan fingerprint density at radius 2 is 2.19 bits per heavy atom. The van der Waals surface area contributed by atoms with Crippen LogP contribution in [0.5, 0.6) is 0 Å². The van der Waals surface area contributed by atoms with E-state index in [2.05, 4.69) is 33.2 Å². The highest BCUT2D eigenvalue weighted by molar-refractivity contribution is 9.09. The first-order valence-electron chi connectivity index (χ1n) is 5.11. The van der Waals surface area contributed by atoms with Crippen LogP contribution in [0, 0.1) is 5.92 Å². The zero-order valence-electron chi connectivity index (χ0n) is 8.93. The first kappa shape index (κ1) is 11.3. The van der Waals surface area contributed by atoms with Gasteiger partial charge in [0.05, 0.1) is 5.39 Å². The summed E-state index contributed by atoms with van der Waals surface area (Å²) in [5, 5.41) is 9.42. The molecule has 0 bridgehead atoms. The van der Waals surface area contributed by atoms with Crippen LogP contribution >= 0.6 is 15.9 Å². The van der Waals surface area contributed by atoms with Crippen molar-refractivity contribution in [3.63, 3.8) is 0 Å². The lowest BCUT2D eigenvalue weighted by atomic mass is 10.2. The SMILES string of the molecule is CC(CBr)Cn1nnc2ccccc2c1=O. The van der Waals surface area contributed by atoms with E-state index in [0.717, 1.165) is 5.33 Å². The maximum absolute atomic E-state index is 12.0. The van der Waals surface area contributed by atoms with E-state index in [1.807, 2.05) is 12.1 Å². The Morgan fingerprint density at radius 1 is 1.44 bits per heavy atom. The molecule has 2 rings (SSSR count). The highest BCUT2D eigenvalue weighted by Crippen LogP contribution is 2.05. The summed E-state index contributed by atoms with van der Waals surface area (Å²) >= 11 is 3.38. The van der Waals surface area contributed by atoms with Gasteiger partial charge in [0.25, 0.3) is 5.56 Å². The lowest BCUT2D eigenvalue weighted by Crippen LogP contribution is -2.27. The van der Waals surface area contributed by atoms with Crippen LogP contribution in [0.3, 0.4) is 0 Å². The van der Waals surface area contributed by atoms with Gasteiger partial charge in [-0.15, -0.1) is 5.10 Å². The number of hydrogen-bond acceptors (Lipinski definition) is 3. The van der Waals surface area contributed by atoms with Crippen LogP contribution in [0.2, 0.25) is 0 Å². The second-order valence-electron chi connectivity index (χ2n) is 3.85. The summed E-state index contributed by atoms with van der Waals surface area (Å²) in [5.41, 5.74) is 0.577. The minimum absolute atomic E-state index is 0.0709. The minimum Gasteiger partial charge on any atom is -0.267 e. The van der Waals surface area contributed by atoms with Crippen LogP contribution < -0.4 is 5.56 Å². The van der Waals surface area contributed by atoms with E-state index in [4.69, 9.17) is 0 Å². The summed E-state index contributed by atoms with van der Waals surface area (Å²) in [6, 6.07) is 7.26. The largest absolute Gasteiger partial charge is 0.277 e. The highest BCUT2D eigenvalue weighted by atomic mass is 79.9. The molecule has 16 heavy (non-hydrogen) atoms. The lowest BCUT2D eigenvalue weighted by molar-refractivity contribution is 0.456. The van der Waals surface area contributed by atoms with Gasteiger partial charge in [-0.2, -0.15) is 0 Å². The molecule has 0 amide bonds. The Kier molecular flexibility index (Phi) is 3.33. The van der Waals surface area contributed by atoms with E-state index in [9.17, 15) is 4.79 Å². The van der Waals surface area contributed by atoms with Gasteiger partial charge >= 0.3 is 0 Å². The molecule has 0 aliphatic heterocycles. The van der Waals surface area contributed by atoms with Crippen LogP contribution in [-0.2, 0) is 6.54 Å². The van der Waals surface area contributed by atoms with Crippen LogP contribution in [0.25, 0.3) is 10.9 Å². The average molecular weight is 282 g/mol. The van der Waals surface area contributed by atoms with Gasteiger partial charge in [-0.05, 0) is 18.1 Å². The molecule has 1 aromatic carbocycles. The third kappa shape index (κ3) is 2.14. The molecule has 1 atom stereocenters. The molecule has 4 nitrogen and oxygen atoms in total. The van der Waals surface area contributed by atoms with Crippen LogP contribution in [0.15, 0.2) is 29.1 Å². The van der Waals surface area contributed by atoms with E-state index in [0.29, 0.717) is 23.4 Å². The Labute approximate surface area is 101 Å². The highest BCUT2D eigenvalue weighted by Gasteiger charge is 2.07. The normalized spacial score (nSPS) is 12.9. The molecule has 0 radical (unpaired) electrons. The number of alkyl halides is 1. The van der Waals surface area contributed by atoms with Crippen molar-refractivity contribution in [1.29, 1.82) is 0 Å². The second kappa shape index (κ2) is 4.74. The van der Waals surface area contributed by atoms with Gasteiger partial charge in [0, 0.05) is 11.9 Å². The summed E-state index contributed by atoms with van der Waals surface area (Å²) in [7, 11) is 0. The third-order valence-electron chi connectivity index (χ3n) is 2.38. The van der Waals surface area contributed by atoms with E-state index in [1.54, 1.807) is 12.1 Å². The minimum atomic E-state index is -0.0709. The Hall–Kier alpha value is -1.23. The number of aromatic nitrogens is 3. The summed E-state index contributed by atoms with van der Waals surface area (Å²) in [5.74, 6) is 0.355. The number of hydrogen-bond donors (Lipinski definition) is 0. The number of nitrogens with zero attached hydrogens (tertiary/aromatic N) is 3. The molecule has 1 unspecified atom stereocenters. The second-order valence-corrected chi connectivity index (χ2v) is 4.50. The molecule has 1 aromatic heterocycles. The Morgan fingerprint density at radius 3 is 2.94 bits per heavy atom. The molecule has 5 heteroatoms. The maximum Gasteiger partial charge on any atom is 0.277 e. The van der Waals surface area contributed by atoms with Crippen LogP contribution in [-0.4, -0.2) is 20.3 Å². The molecule has 0 saturated heterocycles. The summed E-state index contributed by atoms with van der Waals surface area (Å²) in [6.07, 6.45) is 0. The zero-order valence-corrected chi connectivity index (χ0v) is 10.5. The van der Waals surface area contributed by atoms with E-state index >= 15 is 0 Å². The van der Waals surface area contributed by atoms with Crippen LogP contribution in [0.1, 0.15) is 6.92 Å². The fourth-order valence-corrected chi connectivity index (χ4v) is 1.69. The molecule has 0 fully saturated rings. The van der Waals surface area contributed by atoms with Crippen molar-refractivity contribution in [1.82, 2.24) is 15.0 Å². The average Bonchev–Trinajstić information content (AvgIpc) is 2.33. The number of halogens is 1. The smallest absolute Gasteiger partial charge is 0.267 e. The van der Waals surface area contributed by atoms with Gasteiger partial charge in [-0.3, -0.25) is 4.79 Å². The molecular formula is C11H12BrN3O. The third-order valence-corrected chi connectivity index (χ3v) is 3.48. The van der Waals surface area contributed by atoms with Crippen molar-refractivity contribution in [3.05, 3.63) is 34.6 Å². The van der Waals surface area contributed by atoms with Gasteiger partial charge in [0.2, 0.25) is 0 Å². The Balaban J connectivity index is 2.49. The molecule has 0 N–H and O–H groups in total. The number of fused-ring (bicyclic) bond motifs is 1. The van der Waals surface area contributed by atoms with E-state index in [-0.39, 0.29) is 5.56 Å². The standard InChI is InChI=1S/C11H12BrN3O/c1-8(6-12)7-15-11(16)9-4-2-3-5-10(9)13-14-15/h2-5,8H,6-7H2,1H3. The van der Waals surface area contributed by atoms with Gasteiger partial charge in [-0.25, -0.2) is 4.68 Å².